The highest BCUT2D eigenvalue weighted by molar-refractivity contribution is 5.69. The van der Waals surface area contributed by atoms with E-state index in [-0.39, 0.29) is 13.2 Å². The van der Waals surface area contributed by atoms with E-state index < -0.39 is 25.2 Å². The summed E-state index contributed by atoms with van der Waals surface area (Å²) in [7, 11) is 0. The van der Waals surface area contributed by atoms with Gasteiger partial charge in [0.05, 0.1) is 13.1 Å². The second kappa shape index (κ2) is 8.30. The second-order valence-corrected chi connectivity index (χ2v) is 3.86. The Morgan fingerprint density at radius 2 is 1.71 bits per heavy atom. The number of alkyl halides is 3. The summed E-state index contributed by atoms with van der Waals surface area (Å²) in [6.07, 6.45) is -1.82. The standard InChI is InChI=1S/C10H18F3NO3/c11-10(12,13)8-14(7-9(16)17)5-3-1-2-4-6-15/h15H,1-8H2,(H,16,17). The van der Waals surface area contributed by atoms with Crippen LogP contribution in [0, 0.1) is 0 Å². The molecule has 0 heterocycles. The molecule has 4 nitrogen and oxygen atoms in total. The number of unbranched alkanes of at least 4 members (excludes halogenated alkanes) is 3. The van der Waals surface area contributed by atoms with Crippen molar-refractivity contribution in [3.63, 3.8) is 0 Å². The van der Waals surface area contributed by atoms with Crippen molar-refractivity contribution in [3.05, 3.63) is 0 Å². The fraction of sp³-hybridized carbons (Fsp3) is 0.900. The van der Waals surface area contributed by atoms with Crippen LogP contribution in [-0.4, -0.2) is 53.5 Å². The minimum absolute atomic E-state index is 0.0708. The molecule has 0 aliphatic carbocycles. The van der Waals surface area contributed by atoms with Gasteiger partial charge in [0.1, 0.15) is 0 Å². The molecule has 0 saturated carbocycles. The van der Waals surface area contributed by atoms with Crippen LogP contribution >= 0.6 is 0 Å². The first-order valence-electron chi connectivity index (χ1n) is 5.47. The molecule has 0 amide bonds. The van der Waals surface area contributed by atoms with E-state index in [1.54, 1.807) is 0 Å². The first kappa shape index (κ1) is 16.2. The Morgan fingerprint density at radius 1 is 1.12 bits per heavy atom. The molecule has 0 aromatic rings. The molecule has 0 fully saturated rings. The zero-order valence-electron chi connectivity index (χ0n) is 9.54. The Balaban J connectivity index is 3.90. The third-order valence-corrected chi connectivity index (χ3v) is 2.14. The quantitative estimate of drug-likeness (QED) is 0.614. The maximum Gasteiger partial charge on any atom is 0.401 e. The van der Waals surface area contributed by atoms with Crippen molar-refractivity contribution in [2.45, 2.75) is 31.9 Å². The molecule has 0 aromatic heterocycles. The van der Waals surface area contributed by atoms with Gasteiger partial charge in [-0.1, -0.05) is 12.8 Å². The summed E-state index contributed by atoms with van der Waals surface area (Å²) >= 11 is 0. The fourth-order valence-corrected chi connectivity index (χ4v) is 1.46. The van der Waals surface area contributed by atoms with Gasteiger partial charge in [0.25, 0.3) is 0 Å². The van der Waals surface area contributed by atoms with Gasteiger partial charge in [0, 0.05) is 6.61 Å². The molecule has 0 aliphatic rings. The minimum atomic E-state index is -4.37. The number of hydrogen-bond donors (Lipinski definition) is 2. The van der Waals surface area contributed by atoms with Crippen LogP contribution < -0.4 is 0 Å². The molecule has 0 aromatic carbocycles. The van der Waals surface area contributed by atoms with E-state index in [4.69, 9.17) is 10.2 Å². The lowest BCUT2D eigenvalue weighted by Crippen LogP contribution is -2.38. The van der Waals surface area contributed by atoms with Crippen molar-refractivity contribution < 1.29 is 28.2 Å². The maximum absolute atomic E-state index is 12.1. The van der Waals surface area contributed by atoms with Gasteiger partial charge < -0.3 is 10.2 Å². The zero-order valence-corrected chi connectivity index (χ0v) is 9.54. The Labute approximate surface area is 98.0 Å². The monoisotopic (exact) mass is 257 g/mol. The Hall–Kier alpha value is -0.820. The maximum atomic E-state index is 12.1. The van der Waals surface area contributed by atoms with Crippen molar-refractivity contribution in [2.24, 2.45) is 0 Å². The summed E-state index contributed by atoms with van der Waals surface area (Å²) in [5.41, 5.74) is 0. The van der Waals surface area contributed by atoms with E-state index in [9.17, 15) is 18.0 Å². The van der Waals surface area contributed by atoms with Crippen LogP contribution in [-0.2, 0) is 4.79 Å². The van der Waals surface area contributed by atoms with Crippen LogP contribution in [0.15, 0.2) is 0 Å². The lowest BCUT2D eigenvalue weighted by atomic mass is 10.2. The molecular weight excluding hydrogens is 239 g/mol. The molecule has 0 saturated heterocycles. The Morgan fingerprint density at radius 3 is 2.18 bits per heavy atom. The first-order chi connectivity index (χ1) is 7.85. The third-order valence-electron chi connectivity index (χ3n) is 2.14. The number of hydrogen-bond acceptors (Lipinski definition) is 3. The molecule has 0 rings (SSSR count). The predicted octanol–water partition coefficient (Wildman–Crippen LogP) is 1.49. The summed E-state index contributed by atoms with van der Waals surface area (Å²) < 4.78 is 36.4. The highest BCUT2D eigenvalue weighted by atomic mass is 19.4. The van der Waals surface area contributed by atoms with Gasteiger partial charge in [-0.2, -0.15) is 13.2 Å². The molecule has 0 atom stereocenters. The average molecular weight is 257 g/mol. The number of halogens is 3. The smallest absolute Gasteiger partial charge is 0.401 e. The number of carbonyl (C=O) groups is 1. The van der Waals surface area contributed by atoms with Crippen LogP contribution in [0.3, 0.4) is 0 Å². The number of rotatable bonds is 9. The molecule has 0 aliphatic heterocycles. The largest absolute Gasteiger partial charge is 0.480 e. The van der Waals surface area contributed by atoms with Crippen molar-refractivity contribution in [1.82, 2.24) is 4.90 Å². The molecule has 17 heavy (non-hydrogen) atoms. The van der Waals surface area contributed by atoms with E-state index in [1.807, 2.05) is 0 Å². The minimum Gasteiger partial charge on any atom is -0.480 e. The Bertz CT molecular complexity index is 221. The molecule has 0 spiro atoms. The van der Waals surface area contributed by atoms with Gasteiger partial charge in [0.15, 0.2) is 0 Å². The van der Waals surface area contributed by atoms with Crippen LogP contribution in [0.4, 0.5) is 13.2 Å². The number of nitrogens with zero attached hydrogens (tertiary/aromatic N) is 1. The molecule has 0 radical (unpaired) electrons. The van der Waals surface area contributed by atoms with Gasteiger partial charge in [-0.3, -0.25) is 9.69 Å². The average Bonchev–Trinajstić information content (AvgIpc) is 2.13. The lowest BCUT2D eigenvalue weighted by molar-refractivity contribution is -0.154. The summed E-state index contributed by atoms with van der Waals surface area (Å²) in [5, 5.41) is 17.0. The molecule has 102 valence electrons. The first-order valence-corrected chi connectivity index (χ1v) is 5.47. The number of carboxylic acid groups (broad SMARTS) is 1. The molecular formula is C10H18F3NO3. The zero-order chi connectivity index (χ0) is 13.3. The number of aliphatic carboxylic acids is 1. The van der Waals surface area contributed by atoms with Crippen molar-refractivity contribution >= 4 is 5.97 Å². The van der Waals surface area contributed by atoms with Crippen LogP contribution in [0.5, 0.6) is 0 Å². The topological polar surface area (TPSA) is 60.8 Å². The molecule has 0 unspecified atom stereocenters. The SMILES string of the molecule is O=C(O)CN(CCCCCCO)CC(F)(F)F. The van der Waals surface area contributed by atoms with Crippen molar-refractivity contribution in [2.75, 3.05) is 26.2 Å². The molecule has 2 N–H and O–H groups in total. The predicted molar refractivity (Wildman–Crippen MR) is 55.7 cm³/mol. The van der Waals surface area contributed by atoms with Crippen LogP contribution in [0.25, 0.3) is 0 Å². The van der Waals surface area contributed by atoms with Gasteiger partial charge >= 0.3 is 12.1 Å². The summed E-state index contributed by atoms with van der Waals surface area (Å²) in [6.45, 7) is -1.61. The van der Waals surface area contributed by atoms with Gasteiger partial charge in [-0.25, -0.2) is 0 Å². The number of aliphatic hydroxyl groups excluding tert-OH is 1. The van der Waals surface area contributed by atoms with Crippen molar-refractivity contribution in [1.29, 1.82) is 0 Å². The Kier molecular flexibility index (Phi) is 7.90. The van der Waals surface area contributed by atoms with E-state index in [0.717, 1.165) is 11.3 Å². The van der Waals surface area contributed by atoms with Gasteiger partial charge in [0.2, 0.25) is 0 Å². The normalized spacial score (nSPS) is 12.1. The highest BCUT2D eigenvalue weighted by Crippen LogP contribution is 2.16. The summed E-state index contributed by atoms with van der Waals surface area (Å²) in [5.74, 6) is -1.26. The van der Waals surface area contributed by atoms with Gasteiger partial charge in [-0.05, 0) is 19.4 Å². The summed E-state index contributed by atoms with van der Waals surface area (Å²) in [6, 6.07) is 0. The van der Waals surface area contributed by atoms with E-state index in [2.05, 4.69) is 0 Å². The van der Waals surface area contributed by atoms with E-state index in [1.165, 1.54) is 0 Å². The number of carboxylic acids is 1. The molecule has 7 heteroatoms. The lowest BCUT2D eigenvalue weighted by Gasteiger charge is -2.21. The van der Waals surface area contributed by atoms with Crippen LogP contribution in [0.2, 0.25) is 0 Å². The van der Waals surface area contributed by atoms with E-state index >= 15 is 0 Å². The number of aliphatic hydroxyl groups is 1. The second-order valence-electron chi connectivity index (χ2n) is 3.86. The third kappa shape index (κ3) is 11.4. The highest BCUT2D eigenvalue weighted by Gasteiger charge is 2.31. The van der Waals surface area contributed by atoms with Crippen molar-refractivity contribution in [3.8, 4) is 0 Å². The molecule has 0 bridgehead atoms. The van der Waals surface area contributed by atoms with Crippen LogP contribution in [0.1, 0.15) is 25.7 Å². The van der Waals surface area contributed by atoms with Gasteiger partial charge in [-0.15, -0.1) is 0 Å². The van der Waals surface area contributed by atoms with E-state index in [0.29, 0.717) is 19.3 Å². The fourth-order valence-electron chi connectivity index (χ4n) is 1.46. The summed E-state index contributed by atoms with van der Waals surface area (Å²) in [4.78, 5) is 11.3.